The molecule has 126 valence electrons. The van der Waals surface area contributed by atoms with Gasteiger partial charge in [-0.1, -0.05) is 23.3 Å². The summed E-state index contributed by atoms with van der Waals surface area (Å²) in [4.78, 5) is 11.9. The molecule has 0 unspecified atom stereocenters. The van der Waals surface area contributed by atoms with Crippen LogP contribution in [-0.4, -0.2) is 34.5 Å². The molecule has 0 aliphatic carbocycles. The summed E-state index contributed by atoms with van der Waals surface area (Å²) in [6.45, 7) is 7.87. The molecule has 1 rings (SSSR count). The summed E-state index contributed by atoms with van der Waals surface area (Å²) in [5.41, 5.74) is 2.59. The summed E-state index contributed by atoms with van der Waals surface area (Å²) in [5, 5.41) is 19.5. The SMILES string of the molecule is CC(C)=CCC/C(C)=C/C[C@@H]1C[C@@H](O)[C@@H](C[C@H](C)O)C(=O)O1. The second kappa shape index (κ2) is 9.11. The van der Waals surface area contributed by atoms with Gasteiger partial charge in [0.1, 0.15) is 6.10 Å². The van der Waals surface area contributed by atoms with Crippen molar-refractivity contribution in [2.45, 2.75) is 78.1 Å². The molecule has 1 fully saturated rings. The zero-order valence-electron chi connectivity index (χ0n) is 14.2. The lowest BCUT2D eigenvalue weighted by Crippen LogP contribution is -2.42. The number of aliphatic hydroxyl groups excluding tert-OH is 2. The lowest BCUT2D eigenvalue weighted by molar-refractivity contribution is -0.171. The van der Waals surface area contributed by atoms with Crippen molar-refractivity contribution in [2.24, 2.45) is 5.92 Å². The molecule has 0 aromatic carbocycles. The predicted molar refractivity (Wildman–Crippen MR) is 87.3 cm³/mol. The third-order valence-electron chi connectivity index (χ3n) is 3.97. The van der Waals surface area contributed by atoms with Crippen LogP contribution in [0.4, 0.5) is 0 Å². The summed E-state index contributed by atoms with van der Waals surface area (Å²) >= 11 is 0. The average Bonchev–Trinajstić information content (AvgIpc) is 2.40. The maximum Gasteiger partial charge on any atom is 0.311 e. The largest absolute Gasteiger partial charge is 0.462 e. The Hall–Kier alpha value is -1.13. The number of cyclic esters (lactones) is 1. The van der Waals surface area contributed by atoms with Gasteiger partial charge in [-0.2, -0.15) is 0 Å². The summed E-state index contributed by atoms with van der Waals surface area (Å²) in [6.07, 6.45) is 6.08. The molecule has 4 heteroatoms. The van der Waals surface area contributed by atoms with Crippen molar-refractivity contribution in [2.75, 3.05) is 0 Å². The van der Waals surface area contributed by atoms with E-state index in [1.54, 1.807) is 6.92 Å². The minimum absolute atomic E-state index is 0.254. The molecule has 0 radical (unpaired) electrons. The number of rotatable bonds is 7. The van der Waals surface area contributed by atoms with Crippen LogP contribution in [-0.2, 0) is 9.53 Å². The molecule has 0 aromatic rings. The van der Waals surface area contributed by atoms with E-state index in [2.05, 4.69) is 32.9 Å². The molecule has 1 saturated heterocycles. The quantitative estimate of drug-likeness (QED) is 0.560. The average molecular weight is 310 g/mol. The Morgan fingerprint density at radius 2 is 2.05 bits per heavy atom. The van der Waals surface area contributed by atoms with Crippen molar-refractivity contribution in [3.63, 3.8) is 0 Å². The Morgan fingerprint density at radius 3 is 2.59 bits per heavy atom. The van der Waals surface area contributed by atoms with Gasteiger partial charge in [0.25, 0.3) is 0 Å². The first-order valence-electron chi connectivity index (χ1n) is 8.15. The van der Waals surface area contributed by atoms with Gasteiger partial charge in [0.15, 0.2) is 0 Å². The van der Waals surface area contributed by atoms with Crippen LogP contribution < -0.4 is 0 Å². The van der Waals surface area contributed by atoms with Gasteiger partial charge in [-0.05, 0) is 47.0 Å². The highest BCUT2D eigenvalue weighted by atomic mass is 16.5. The molecule has 0 bridgehead atoms. The molecule has 4 nitrogen and oxygen atoms in total. The van der Waals surface area contributed by atoms with Gasteiger partial charge in [0.05, 0.1) is 18.1 Å². The van der Waals surface area contributed by atoms with Gasteiger partial charge in [-0.3, -0.25) is 4.79 Å². The molecular formula is C18H30O4. The molecule has 0 spiro atoms. The third-order valence-corrected chi connectivity index (χ3v) is 3.97. The number of hydrogen-bond acceptors (Lipinski definition) is 4. The van der Waals surface area contributed by atoms with Crippen LogP contribution >= 0.6 is 0 Å². The predicted octanol–water partition coefficient (Wildman–Crippen LogP) is 3.13. The van der Waals surface area contributed by atoms with Crippen LogP contribution in [0.25, 0.3) is 0 Å². The van der Waals surface area contributed by atoms with Crippen LogP contribution in [0.5, 0.6) is 0 Å². The van der Waals surface area contributed by atoms with E-state index < -0.39 is 18.1 Å². The van der Waals surface area contributed by atoms with Gasteiger partial charge in [-0.25, -0.2) is 0 Å². The van der Waals surface area contributed by atoms with Crippen molar-refractivity contribution < 1.29 is 19.7 Å². The smallest absolute Gasteiger partial charge is 0.311 e. The first kappa shape index (κ1) is 18.9. The summed E-state index contributed by atoms with van der Waals surface area (Å²) in [5.74, 6) is -0.987. The van der Waals surface area contributed by atoms with Crippen LogP contribution in [0.15, 0.2) is 23.3 Å². The summed E-state index contributed by atoms with van der Waals surface area (Å²) in [7, 11) is 0. The van der Waals surface area contributed by atoms with E-state index in [1.807, 2.05) is 0 Å². The molecule has 1 heterocycles. The van der Waals surface area contributed by atoms with E-state index in [0.29, 0.717) is 12.8 Å². The lowest BCUT2D eigenvalue weighted by Gasteiger charge is -2.32. The van der Waals surface area contributed by atoms with E-state index in [1.165, 1.54) is 11.1 Å². The van der Waals surface area contributed by atoms with Gasteiger partial charge < -0.3 is 14.9 Å². The summed E-state index contributed by atoms with van der Waals surface area (Å²) in [6, 6.07) is 0. The Balaban J connectivity index is 2.45. The highest BCUT2D eigenvalue weighted by Crippen LogP contribution is 2.27. The van der Waals surface area contributed by atoms with E-state index in [9.17, 15) is 15.0 Å². The lowest BCUT2D eigenvalue weighted by atomic mass is 9.88. The molecular weight excluding hydrogens is 280 g/mol. The van der Waals surface area contributed by atoms with E-state index >= 15 is 0 Å². The van der Waals surface area contributed by atoms with Crippen molar-refractivity contribution >= 4 is 5.97 Å². The standard InChI is InChI=1S/C18H30O4/c1-12(2)6-5-7-13(3)8-9-15-11-17(20)16(10-14(4)19)18(21)22-15/h6,8,14-17,19-20H,5,7,9-11H2,1-4H3/b13-8+/t14-,15+,16+,17+/m0/s1. The van der Waals surface area contributed by atoms with Crippen LogP contribution in [0.1, 0.15) is 59.8 Å². The number of carbonyl (C=O) groups excluding carboxylic acids is 1. The fraction of sp³-hybridized carbons (Fsp3) is 0.722. The first-order valence-corrected chi connectivity index (χ1v) is 8.15. The highest BCUT2D eigenvalue weighted by Gasteiger charge is 2.37. The van der Waals surface area contributed by atoms with Gasteiger partial charge in [0.2, 0.25) is 0 Å². The maximum atomic E-state index is 11.9. The topological polar surface area (TPSA) is 66.8 Å². The Morgan fingerprint density at radius 1 is 1.36 bits per heavy atom. The molecule has 1 aliphatic rings. The van der Waals surface area contributed by atoms with E-state index in [4.69, 9.17) is 4.74 Å². The van der Waals surface area contributed by atoms with Crippen molar-refractivity contribution in [1.29, 1.82) is 0 Å². The van der Waals surface area contributed by atoms with Crippen LogP contribution in [0.2, 0.25) is 0 Å². The second-order valence-corrected chi connectivity index (χ2v) is 6.66. The molecule has 22 heavy (non-hydrogen) atoms. The minimum atomic E-state index is -0.722. The van der Waals surface area contributed by atoms with Crippen LogP contribution in [0.3, 0.4) is 0 Å². The molecule has 4 atom stereocenters. The highest BCUT2D eigenvalue weighted by molar-refractivity contribution is 5.74. The fourth-order valence-corrected chi connectivity index (χ4v) is 2.68. The van der Waals surface area contributed by atoms with Crippen molar-refractivity contribution in [3.05, 3.63) is 23.3 Å². The third kappa shape index (κ3) is 6.75. The van der Waals surface area contributed by atoms with Crippen molar-refractivity contribution in [3.8, 4) is 0 Å². The first-order chi connectivity index (χ1) is 10.3. The Labute approximate surface area is 133 Å². The molecule has 1 aliphatic heterocycles. The number of allylic oxidation sites excluding steroid dienone is 3. The van der Waals surface area contributed by atoms with Gasteiger partial charge in [0, 0.05) is 12.8 Å². The van der Waals surface area contributed by atoms with Crippen molar-refractivity contribution in [1.82, 2.24) is 0 Å². The van der Waals surface area contributed by atoms with Gasteiger partial charge in [-0.15, -0.1) is 0 Å². The normalized spacial score (nSPS) is 27.3. The molecule has 2 N–H and O–H groups in total. The number of hydrogen-bond donors (Lipinski definition) is 2. The second-order valence-electron chi connectivity index (χ2n) is 6.66. The zero-order valence-corrected chi connectivity index (χ0v) is 14.2. The van der Waals surface area contributed by atoms with E-state index in [-0.39, 0.29) is 18.5 Å². The fourth-order valence-electron chi connectivity index (χ4n) is 2.68. The van der Waals surface area contributed by atoms with Crippen LogP contribution in [0, 0.1) is 5.92 Å². The van der Waals surface area contributed by atoms with E-state index in [0.717, 1.165) is 12.8 Å². The molecule has 0 amide bonds. The Kier molecular flexibility index (Phi) is 7.83. The number of esters is 1. The molecule has 0 aromatic heterocycles. The monoisotopic (exact) mass is 310 g/mol. The zero-order chi connectivity index (χ0) is 16.7. The number of aliphatic hydroxyl groups is 2. The molecule has 0 saturated carbocycles. The Bertz CT molecular complexity index is 419. The minimum Gasteiger partial charge on any atom is -0.462 e. The number of ether oxygens (including phenoxy) is 1. The summed E-state index contributed by atoms with van der Waals surface area (Å²) < 4.78 is 5.40. The maximum absolute atomic E-state index is 11.9. The van der Waals surface area contributed by atoms with Gasteiger partial charge >= 0.3 is 5.97 Å². The number of carbonyl (C=O) groups is 1.